The van der Waals surface area contributed by atoms with Crippen LogP contribution in [0.4, 0.5) is 0 Å². The summed E-state index contributed by atoms with van der Waals surface area (Å²) in [5.74, 6) is 0.587. The van der Waals surface area contributed by atoms with E-state index in [0.29, 0.717) is 21.6 Å². The summed E-state index contributed by atoms with van der Waals surface area (Å²) in [4.78, 5) is 39.4. The predicted octanol–water partition coefficient (Wildman–Crippen LogP) is 6.19. The second-order valence-corrected chi connectivity index (χ2v) is 12.3. The number of nitrogens with zero attached hydrogens (tertiary/aromatic N) is 4. The molecule has 0 radical (unpaired) electrons. The number of amidine groups is 2. The average molecular weight is 545 g/mol. The third-order valence-corrected chi connectivity index (χ3v) is 8.93. The largest absolute Gasteiger partial charge is 0.347 e. The van der Waals surface area contributed by atoms with Gasteiger partial charge in [0.15, 0.2) is 10.3 Å². The smallest absolute Gasteiger partial charge is 0.286 e. The highest BCUT2D eigenvalue weighted by Gasteiger charge is 2.32. The molecule has 8 heteroatoms. The van der Waals surface area contributed by atoms with Crippen LogP contribution in [0, 0.1) is 0 Å². The summed E-state index contributed by atoms with van der Waals surface area (Å²) in [6, 6.07) is 16.7. The van der Waals surface area contributed by atoms with Gasteiger partial charge in [-0.25, -0.2) is 0 Å². The molecule has 2 aromatic carbocycles. The Labute approximate surface area is 233 Å². The maximum absolute atomic E-state index is 12.6. The molecule has 0 N–H and O–H groups in total. The van der Waals surface area contributed by atoms with Gasteiger partial charge in [0.1, 0.15) is 0 Å². The SMILES string of the molecule is CC(C)c1ccc(C=C2SC(N3CCN(C4=NC(=O)C(=Cc5ccc(C(C)C)cc5)S4)CC3)=NC2=O)cc1. The highest BCUT2D eigenvalue weighted by Crippen LogP contribution is 2.33. The Hall–Kier alpha value is -3.10. The van der Waals surface area contributed by atoms with Crippen LogP contribution in [0.2, 0.25) is 0 Å². The van der Waals surface area contributed by atoms with Crippen molar-refractivity contribution in [1.82, 2.24) is 9.80 Å². The van der Waals surface area contributed by atoms with E-state index in [1.165, 1.54) is 34.7 Å². The van der Waals surface area contributed by atoms with E-state index in [1.54, 1.807) is 0 Å². The first-order valence-electron chi connectivity index (χ1n) is 13.0. The number of rotatable bonds is 4. The van der Waals surface area contributed by atoms with Gasteiger partial charge < -0.3 is 9.80 Å². The van der Waals surface area contributed by atoms with Crippen LogP contribution in [-0.2, 0) is 9.59 Å². The zero-order valence-corrected chi connectivity index (χ0v) is 23.8. The molecule has 1 fully saturated rings. The molecule has 3 heterocycles. The molecule has 2 amide bonds. The minimum Gasteiger partial charge on any atom is -0.347 e. The summed E-state index contributed by atoms with van der Waals surface area (Å²) >= 11 is 2.88. The lowest BCUT2D eigenvalue weighted by molar-refractivity contribution is -0.114. The third kappa shape index (κ3) is 5.97. The number of thioether (sulfide) groups is 2. The van der Waals surface area contributed by atoms with Gasteiger partial charge in [0.2, 0.25) is 0 Å². The van der Waals surface area contributed by atoms with Crippen LogP contribution < -0.4 is 0 Å². The maximum atomic E-state index is 12.6. The monoisotopic (exact) mass is 544 g/mol. The van der Waals surface area contributed by atoms with Crippen molar-refractivity contribution in [3.05, 3.63) is 80.6 Å². The molecule has 5 rings (SSSR count). The number of aliphatic imine (C=N–C) groups is 2. The Balaban J connectivity index is 1.16. The Morgan fingerprint density at radius 1 is 0.632 bits per heavy atom. The molecule has 0 aromatic heterocycles. The van der Waals surface area contributed by atoms with Crippen molar-refractivity contribution in [2.45, 2.75) is 39.5 Å². The summed E-state index contributed by atoms with van der Waals surface area (Å²) in [7, 11) is 0. The Bertz CT molecular complexity index is 1240. The van der Waals surface area contributed by atoms with Crippen LogP contribution in [0.1, 0.15) is 61.8 Å². The molecular formula is C30H32N4O2S2. The fraction of sp³-hybridized carbons (Fsp3) is 0.333. The second kappa shape index (κ2) is 11.3. The van der Waals surface area contributed by atoms with Gasteiger partial charge in [0.05, 0.1) is 9.81 Å². The molecule has 3 aliphatic rings. The summed E-state index contributed by atoms with van der Waals surface area (Å²) in [5.41, 5.74) is 4.57. The molecule has 2 aromatic rings. The van der Waals surface area contributed by atoms with Crippen molar-refractivity contribution in [2.24, 2.45) is 9.98 Å². The molecular weight excluding hydrogens is 512 g/mol. The first kappa shape index (κ1) is 26.5. The molecule has 0 spiro atoms. The minimum atomic E-state index is -0.183. The number of carbonyl (C=O) groups excluding carboxylic acids is 2. The van der Waals surface area contributed by atoms with E-state index in [2.05, 4.69) is 96.0 Å². The van der Waals surface area contributed by atoms with Crippen molar-refractivity contribution >= 4 is 57.8 Å². The molecule has 38 heavy (non-hydrogen) atoms. The van der Waals surface area contributed by atoms with Crippen molar-refractivity contribution in [2.75, 3.05) is 26.2 Å². The Morgan fingerprint density at radius 2 is 0.974 bits per heavy atom. The van der Waals surface area contributed by atoms with Crippen LogP contribution in [0.15, 0.2) is 68.3 Å². The first-order chi connectivity index (χ1) is 18.3. The van der Waals surface area contributed by atoms with E-state index in [-0.39, 0.29) is 11.8 Å². The van der Waals surface area contributed by atoms with Gasteiger partial charge in [-0.1, -0.05) is 76.2 Å². The number of piperazine rings is 1. The molecule has 6 nitrogen and oxygen atoms in total. The van der Waals surface area contributed by atoms with Gasteiger partial charge in [-0.05, 0) is 69.8 Å². The molecule has 0 saturated carbocycles. The van der Waals surface area contributed by atoms with Gasteiger partial charge in [-0.3, -0.25) is 9.59 Å². The van der Waals surface area contributed by atoms with E-state index in [4.69, 9.17) is 0 Å². The molecule has 196 valence electrons. The lowest BCUT2D eigenvalue weighted by Gasteiger charge is -2.35. The van der Waals surface area contributed by atoms with Crippen molar-refractivity contribution in [3.63, 3.8) is 0 Å². The molecule has 1 saturated heterocycles. The van der Waals surface area contributed by atoms with E-state index in [9.17, 15) is 9.59 Å². The van der Waals surface area contributed by atoms with E-state index >= 15 is 0 Å². The summed E-state index contributed by atoms with van der Waals surface area (Å²) in [5, 5.41) is 1.50. The number of carbonyl (C=O) groups is 2. The van der Waals surface area contributed by atoms with Crippen LogP contribution >= 0.6 is 23.5 Å². The number of hydrogen-bond donors (Lipinski definition) is 0. The fourth-order valence-electron chi connectivity index (χ4n) is 4.41. The summed E-state index contributed by atoms with van der Waals surface area (Å²) < 4.78 is 0. The van der Waals surface area contributed by atoms with Crippen LogP contribution in [0.5, 0.6) is 0 Å². The van der Waals surface area contributed by atoms with Gasteiger partial charge >= 0.3 is 0 Å². The summed E-state index contributed by atoms with van der Waals surface area (Å²) in [6.07, 6.45) is 3.84. The Kier molecular flexibility index (Phi) is 7.91. The topological polar surface area (TPSA) is 65.3 Å². The molecule has 3 aliphatic heterocycles. The van der Waals surface area contributed by atoms with Gasteiger partial charge in [0, 0.05) is 26.2 Å². The normalized spacial score (nSPS) is 20.4. The molecule has 0 bridgehead atoms. The van der Waals surface area contributed by atoms with Crippen LogP contribution in [-0.4, -0.2) is 58.1 Å². The second-order valence-electron chi connectivity index (χ2n) is 10.2. The minimum absolute atomic E-state index is 0.183. The zero-order valence-electron chi connectivity index (χ0n) is 22.2. The van der Waals surface area contributed by atoms with Crippen molar-refractivity contribution in [1.29, 1.82) is 0 Å². The molecule has 0 atom stereocenters. The van der Waals surface area contributed by atoms with Gasteiger partial charge in [-0.2, -0.15) is 9.98 Å². The fourth-order valence-corrected chi connectivity index (χ4v) is 6.34. The predicted molar refractivity (Wildman–Crippen MR) is 160 cm³/mol. The number of amides is 2. The number of hydrogen-bond acceptors (Lipinski definition) is 6. The quantitative estimate of drug-likeness (QED) is 0.428. The van der Waals surface area contributed by atoms with E-state index in [0.717, 1.165) is 47.6 Å². The lowest BCUT2D eigenvalue weighted by Crippen LogP contribution is -2.49. The molecule has 0 aliphatic carbocycles. The highest BCUT2D eigenvalue weighted by molar-refractivity contribution is 8.18. The van der Waals surface area contributed by atoms with E-state index in [1.807, 2.05) is 12.2 Å². The molecule has 0 unspecified atom stereocenters. The highest BCUT2D eigenvalue weighted by atomic mass is 32.2. The summed E-state index contributed by atoms with van der Waals surface area (Å²) in [6.45, 7) is 11.6. The average Bonchev–Trinajstić information content (AvgIpc) is 3.46. The lowest BCUT2D eigenvalue weighted by atomic mass is 10.0. The van der Waals surface area contributed by atoms with Gasteiger partial charge in [0.25, 0.3) is 11.8 Å². The third-order valence-electron chi connectivity index (χ3n) is 6.84. The van der Waals surface area contributed by atoms with Crippen LogP contribution in [0.25, 0.3) is 12.2 Å². The Morgan fingerprint density at radius 3 is 1.29 bits per heavy atom. The maximum Gasteiger partial charge on any atom is 0.286 e. The van der Waals surface area contributed by atoms with Gasteiger partial charge in [-0.15, -0.1) is 0 Å². The zero-order chi connectivity index (χ0) is 26.8. The van der Waals surface area contributed by atoms with Crippen molar-refractivity contribution in [3.8, 4) is 0 Å². The first-order valence-corrected chi connectivity index (χ1v) is 14.6. The standard InChI is InChI=1S/C30H32N4O2S2/c1-19(2)23-9-5-21(6-10-23)17-25-27(35)31-29(37-25)33-13-15-34(16-14-33)30-32-28(36)26(38-30)18-22-7-11-24(12-8-22)20(3)4/h5-12,17-20H,13-16H2,1-4H3. The van der Waals surface area contributed by atoms with Crippen LogP contribution in [0.3, 0.4) is 0 Å². The number of benzene rings is 2. The van der Waals surface area contributed by atoms with Crippen molar-refractivity contribution < 1.29 is 9.59 Å². The van der Waals surface area contributed by atoms with E-state index < -0.39 is 0 Å².